The molecular weight excluding hydrogens is 476 g/mol. The summed E-state index contributed by atoms with van der Waals surface area (Å²) in [5, 5.41) is 0. The topological polar surface area (TPSA) is 105 Å². The van der Waals surface area contributed by atoms with E-state index in [2.05, 4.69) is 0 Å². The number of nitrogens with two attached hydrogens (primary N) is 2. The highest BCUT2D eigenvalue weighted by Gasteiger charge is 2.14. The van der Waals surface area contributed by atoms with Crippen molar-refractivity contribution in [3.05, 3.63) is 144 Å². The fourth-order valence-corrected chi connectivity index (χ4v) is 3.83. The summed E-state index contributed by atoms with van der Waals surface area (Å²) in [6, 6.07) is 34.5. The van der Waals surface area contributed by atoms with Crippen molar-refractivity contribution < 1.29 is 19.1 Å². The van der Waals surface area contributed by atoms with Gasteiger partial charge in [0.05, 0.1) is 0 Å². The lowest BCUT2D eigenvalue weighted by atomic mass is 9.97. The number of hydrogen-bond donors (Lipinski definition) is 2. The smallest absolute Gasteiger partial charge is 0.193 e. The first-order valence-corrected chi connectivity index (χ1v) is 11.9. The molecule has 0 saturated carbocycles. The van der Waals surface area contributed by atoms with Crippen molar-refractivity contribution in [3.63, 3.8) is 0 Å². The lowest BCUT2D eigenvalue weighted by molar-refractivity contribution is 0.103. The summed E-state index contributed by atoms with van der Waals surface area (Å²) in [6.45, 7) is 0. The largest absolute Gasteiger partial charge is 0.457 e. The molecule has 0 atom stereocenters. The number of benzene rings is 5. The lowest BCUT2D eigenvalue weighted by Gasteiger charge is -2.09. The van der Waals surface area contributed by atoms with E-state index in [1.54, 1.807) is 121 Å². The molecule has 38 heavy (non-hydrogen) atoms. The molecule has 0 spiro atoms. The minimum absolute atomic E-state index is 0.189. The Morgan fingerprint density at radius 3 is 1.08 bits per heavy atom. The van der Waals surface area contributed by atoms with E-state index in [9.17, 15) is 9.59 Å². The van der Waals surface area contributed by atoms with Crippen molar-refractivity contribution in [2.45, 2.75) is 0 Å². The molecule has 0 aliphatic rings. The maximum atomic E-state index is 13.1. The summed E-state index contributed by atoms with van der Waals surface area (Å²) in [6.07, 6.45) is 0. The van der Waals surface area contributed by atoms with Crippen LogP contribution in [-0.2, 0) is 0 Å². The third-order valence-electron chi connectivity index (χ3n) is 5.85. The van der Waals surface area contributed by atoms with E-state index in [0.29, 0.717) is 56.6 Å². The van der Waals surface area contributed by atoms with Gasteiger partial charge in [0, 0.05) is 33.6 Å². The van der Waals surface area contributed by atoms with Gasteiger partial charge >= 0.3 is 0 Å². The molecule has 0 saturated heterocycles. The van der Waals surface area contributed by atoms with Gasteiger partial charge in [0.25, 0.3) is 0 Å². The average Bonchev–Trinajstić information content (AvgIpc) is 2.96. The molecule has 5 aromatic carbocycles. The van der Waals surface area contributed by atoms with Gasteiger partial charge in [0.1, 0.15) is 23.0 Å². The van der Waals surface area contributed by atoms with Crippen LogP contribution in [0.15, 0.2) is 121 Å². The summed E-state index contributed by atoms with van der Waals surface area (Å²) in [4.78, 5) is 26.2. The molecule has 0 unspecified atom stereocenters. The molecule has 0 heterocycles. The molecule has 0 amide bonds. The summed E-state index contributed by atoms with van der Waals surface area (Å²) >= 11 is 0. The Kier molecular flexibility index (Phi) is 6.87. The van der Waals surface area contributed by atoms with Gasteiger partial charge in [-0.15, -0.1) is 0 Å². The molecule has 0 fully saturated rings. The quantitative estimate of drug-likeness (QED) is 0.177. The third kappa shape index (κ3) is 5.71. The Bertz CT molecular complexity index is 1460. The van der Waals surface area contributed by atoms with E-state index >= 15 is 0 Å². The Labute approximate surface area is 220 Å². The van der Waals surface area contributed by atoms with Crippen LogP contribution >= 0.6 is 0 Å². The average molecular weight is 501 g/mol. The van der Waals surface area contributed by atoms with Crippen molar-refractivity contribution in [2.24, 2.45) is 0 Å². The molecule has 0 aliphatic carbocycles. The molecule has 0 aliphatic heterocycles. The molecule has 0 radical (unpaired) electrons. The van der Waals surface area contributed by atoms with E-state index in [1.807, 2.05) is 0 Å². The normalized spacial score (nSPS) is 10.5. The fraction of sp³-hybridized carbons (Fsp3) is 0. The number of carbonyl (C=O) groups excluding carboxylic acids is 2. The van der Waals surface area contributed by atoms with E-state index in [-0.39, 0.29) is 11.6 Å². The van der Waals surface area contributed by atoms with E-state index in [0.717, 1.165) is 0 Å². The van der Waals surface area contributed by atoms with Gasteiger partial charge in [0.15, 0.2) is 11.6 Å². The summed E-state index contributed by atoms with van der Waals surface area (Å²) in [7, 11) is 0. The predicted molar refractivity (Wildman–Crippen MR) is 148 cm³/mol. The Morgan fingerprint density at radius 1 is 0.421 bits per heavy atom. The van der Waals surface area contributed by atoms with Gasteiger partial charge in [0.2, 0.25) is 0 Å². The van der Waals surface area contributed by atoms with E-state index in [1.165, 1.54) is 0 Å². The van der Waals surface area contributed by atoms with Crippen LogP contribution in [-0.4, -0.2) is 11.6 Å². The minimum Gasteiger partial charge on any atom is -0.457 e. The zero-order valence-electron chi connectivity index (χ0n) is 20.3. The van der Waals surface area contributed by atoms with Gasteiger partial charge in [-0.3, -0.25) is 9.59 Å². The lowest BCUT2D eigenvalue weighted by Crippen LogP contribution is -2.06. The minimum atomic E-state index is -0.189. The number of rotatable bonds is 8. The van der Waals surface area contributed by atoms with Gasteiger partial charge < -0.3 is 20.9 Å². The van der Waals surface area contributed by atoms with E-state index < -0.39 is 0 Å². The molecule has 5 rings (SSSR count). The van der Waals surface area contributed by atoms with Gasteiger partial charge in [-0.1, -0.05) is 18.2 Å². The molecule has 186 valence electrons. The second-order valence-corrected chi connectivity index (χ2v) is 8.63. The first-order valence-electron chi connectivity index (χ1n) is 11.9. The second-order valence-electron chi connectivity index (χ2n) is 8.63. The van der Waals surface area contributed by atoms with Gasteiger partial charge in [-0.2, -0.15) is 0 Å². The number of hydrogen-bond acceptors (Lipinski definition) is 6. The number of ether oxygens (including phenoxy) is 2. The van der Waals surface area contributed by atoms with Crippen LogP contribution in [0.1, 0.15) is 31.8 Å². The predicted octanol–water partition coefficient (Wildman–Crippen LogP) is 6.90. The molecule has 6 nitrogen and oxygen atoms in total. The monoisotopic (exact) mass is 500 g/mol. The summed E-state index contributed by atoms with van der Waals surface area (Å²) < 4.78 is 11.6. The highest BCUT2D eigenvalue weighted by molar-refractivity contribution is 6.13. The van der Waals surface area contributed by atoms with Crippen LogP contribution in [0.2, 0.25) is 0 Å². The van der Waals surface area contributed by atoms with Crippen LogP contribution in [0.3, 0.4) is 0 Å². The maximum absolute atomic E-state index is 13.1. The maximum Gasteiger partial charge on any atom is 0.193 e. The number of carbonyl (C=O) groups is 2. The van der Waals surface area contributed by atoms with Crippen LogP contribution in [0.5, 0.6) is 23.0 Å². The third-order valence-corrected chi connectivity index (χ3v) is 5.85. The molecule has 6 heteroatoms. The Balaban J connectivity index is 1.27. The standard InChI is InChI=1S/C32H24N2O4/c33-25-8-16-29(17-9-25)37-27-12-4-21(5-13-27)31(35)23-2-1-3-24(20-23)32(36)22-6-14-28(15-7-22)38-30-18-10-26(34)11-19-30/h1-20H,33-34H2. The highest BCUT2D eigenvalue weighted by Crippen LogP contribution is 2.25. The van der Waals surface area contributed by atoms with Gasteiger partial charge in [-0.05, 0) is 103 Å². The Hall–Kier alpha value is -5.36. The molecule has 4 N–H and O–H groups in total. The van der Waals surface area contributed by atoms with Crippen molar-refractivity contribution in [3.8, 4) is 23.0 Å². The zero-order chi connectivity index (χ0) is 26.5. The first kappa shape index (κ1) is 24.3. The van der Waals surface area contributed by atoms with E-state index in [4.69, 9.17) is 20.9 Å². The molecule has 0 aromatic heterocycles. The first-order chi connectivity index (χ1) is 18.4. The summed E-state index contributed by atoms with van der Waals surface area (Å²) in [5.41, 5.74) is 14.5. The van der Waals surface area contributed by atoms with Crippen LogP contribution in [0, 0.1) is 0 Å². The second kappa shape index (κ2) is 10.7. The van der Waals surface area contributed by atoms with Crippen molar-refractivity contribution in [1.29, 1.82) is 0 Å². The highest BCUT2D eigenvalue weighted by atomic mass is 16.5. The van der Waals surface area contributed by atoms with Crippen molar-refractivity contribution in [2.75, 3.05) is 11.5 Å². The summed E-state index contributed by atoms with van der Waals surface area (Å²) in [5.74, 6) is 2.11. The molecule has 0 bridgehead atoms. The number of anilines is 2. The molecular formula is C32H24N2O4. The Morgan fingerprint density at radius 2 is 0.737 bits per heavy atom. The van der Waals surface area contributed by atoms with Crippen LogP contribution in [0.4, 0.5) is 11.4 Å². The zero-order valence-corrected chi connectivity index (χ0v) is 20.3. The van der Waals surface area contributed by atoms with Crippen molar-refractivity contribution in [1.82, 2.24) is 0 Å². The van der Waals surface area contributed by atoms with Crippen molar-refractivity contribution >= 4 is 22.9 Å². The van der Waals surface area contributed by atoms with Crippen LogP contribution in [0.25, 0.3) is 0 Å². The molecule has 5 aromatic rings. The number of ketones is 2. The SMILES string of the molecule is Nc1ccc(Oc2ccc(C(=O)c3cccc(C(=O)c4ccc(Oc5ccc(N)cc5)cc4)c3)cc2)cc1. The van der Waals surface area contributed by atoms with Gasteiger partial charge in [-0.25, -0.2) is 0 Å². The van der Waals surface area contributed by atoms with Crippen LogP contribution < -0.4 is 20.9 Å². The fourth-order valence-electron chi connectivity index (χ4n) is 3.83. The number of nitrogen functional groups attached to an aromatic ring is 2.